The van der Waals surface area contributed by atoms with Gasteiger partial charge in [-0.3, -0.25) is 9.98 Å². The molecule has 4 nitrogen and oxygen atoms in total. The molecular formula is C11H14N4. The lowest BCUT2D eigenvalue weighted by molar-refractivity contribution is 0.645. The van der Waals surface area contributed by atoms with Crippen molar-refractivity contribution < 1.29 is 0 Å². The Morgan fingerprint density at radius 3 is 3.00 bits per heavy atom. The lowest BCUT2D eigenvalue weighted by Crippen LogP contribution is -2.21. The molecule has 0 fully saturated rings. The summed E-state index contributed by atoms with van der Waals surface area (Å²) in [5, 5.41) is 3.20. The maximum Gasteiger partial charge on any atom is 0.144 e. The molecule has 1 aromatic rings. The summed E-state index contributed by atoms with van der Waals surface area (Å²) in [6.45, 7) is 2.48. The van der Waals surface area contributed by atoms with Gasteiger partial charge in [-0.25, -0.2) is 0 Å². The van der Waals surface area contributed by atoms with E-state index in [1.165, 1.54) is 0 Å². The van der Waals surface area contributed by atoms with Gasteiger partial charge in [0.2, 0.25) is 0 Å². The van der Waals surface area contributed by atoms with Crippen molar-refractivity contribution in [3.8, 4) is 0 Å². The second-order valence-corrected chi connectivity index (χ2v) is 3.50. The van der Waals surface area contributed by atoms with Crippen molar-refractivity contribution in [2.45, 2.75) is 13.1 Å². The molecule has 0 amide bonds. The maximum atomic E-state index is 5.50. The van der Waals surface area contributed by atoms with Gasteiger partial charge in [-0.1, -0.05) is 0 Å². The minimum absolute atomic E-state index is 0.0120. The molecule has 0 radical (unpaired) electrons. The van der Waals surface area contributed by atoms with Crippen LogP contribution in [0, 0.1) is 6.92 Å². The number of aromatic nitrogens is 1. The van der Waals surface area contributed by atoms with Crippen LogP contribution in [-0.4, -0.2) is 17.7 Å². The second-order valence-electron chi connectivity index (χ2n) is 3.50. The third-order valence-corrected chi connectivity index (χ3v) is 2.29. The molecule has 0 saturated carbocycles. The second kappa shape index (κ2) is 4.23. The van der Waals surface area contributed by atoms with Crippen LogP contribution in [0.2, 0.25) is 0 Å². The molecular weight excluding hydrogens is 188 g/mol. The van der Waals surface area contributed by atoms with E-state index >= 15 is 0 Å². The van der Waals surface area contributed by atoms with Crippen molar-refractivity contribution in [2.24, 2.45) is 10.7 Å². The van der Waals surface area contributed by atoms with E-state index in [4.69, 9.17) is 5.73 Å². The molecule has 1 aliphatic rings. The van der Waals surface area contributed by atoms with Gasteiger partial charge in [-0.2, -0.15) is 0 Å². The smallest absolute Gasteiger partial charge is 0.144 e. The number of pyridine rings is 1. The molecule has 0 spiro atoms. The lowest BCUT2D eigenvalue weighted by Gasteiger charge is -2.18. The summed E-state index contributed by atoms with van der Waals surface area (Å²) in [5.41, 5.74) is 8.63. The average Bonchev–Trinajstić information content (AvgIpc) is 2.29. The number of aliphatic imine (C=N–C) groups is 1. The third kappa shape index (κ3) is 2.22. The molecule has 0 aliphatic carbocycles. The molecule has 3 N–H and O–H groups in total. The first-order chi connectivity index (χ1) is 7.29. The molecule has 1 aliphatic heterocycles. The van der Waals surface area contributed by atoms with Crippen LogP contribution in [-0.2, 0) is 0 Å². The summed E-state index contributed by atoms with van der Waals surface area (Å²) < 4.78 is 0. The Kier molecular flexibility index (Phi) is 2.78. The highest BCUT2D eigenvalue weighted by Crippen LogP contribution is 2.16. The number of aryl methyl sites for hydroxylation is 1. The van der Waals surface area contributed by atoms with E-state index in [2.05, 4.69) is 15.3 Å². The van der Waals surface area contributed by atoms with Gasteiger partial charge in [-0.05, 0) is 30.2 Å². The van der Waals surface area contributed by atoms with E-state index < -0.39 is 0 Å². The van der Waals surface area contributed by atoms with Gasteiger partial charge in [0.25, 0.3) is 0 Å². The van der Waals surface area contributed by atoms with Gasteiger partial charge in [0.05, 0.1) is 0 Å². The zero-order chi connectivity index (χ0) is 10.7. The highest BCUT2D eigenvalue weighted by molar-refractivity contribution is 5.79. The molecule has 0 aromatic carbocycles. The van der Waals surface area contributed by atoms with E-state index in [9.17, 15) is 0 Å². The molecule has 1 atom stereocenters. The van der Waals surface area contributed by atoms with Crippen molar-refractivity contribution in [2.75, 3.05) is 6.54 Å². The van der Waals surface area contributed by atoms with Crippen LogP contribution >= 0.6 is 0 Å². The van der Waals surface area contributed by atoms with E-state index in [1.54, 1.807) is 6.20 Å². The Morgan fingerprint density at radius 1 is 1.53 bits per heavy atom. The minimum Gasteiger partial charge on any atom is -0.366 e. The van der Waals surface area contributed by atoms with Gasteiger partial charge in [0.1, 0.15) is 6.17 Å². The molecule has 15 heavy (non-hydrogen) atoms. The van der Waals surface area contributed by atoms with Gasteiger partial charge in [-0.15, -0.1) is 0 Å². The highest BCUT2D eigenvalue weighted by Gasteiger charge is 2.10. The fourth-order valence-electron chi connectivity index (χ4n) is 1.47. The van der Waals surface area contributed by atoms with Crippen molar-refractivity contribution in [1.82, 2.24) is 10.3 Å². The maximum absolute atomic E-state index is 5.50. The monoisotopic (exact) mass is 202 g/mol. The van der Waals surface area contributed by atoms with Gasteiger partial charge < -0.3 is 11.1 Å². The average molecular weight is 202 g/mol. The van der Waals surface area contributed by atoms with E-state index in [-0.39, 0.29) is 6.17 Å². The quantitative estimate of drug-likeness (QED) is 0.749. The minimum atomic E-state index is -0.0120. The van der Waals surface area contributed by atoms with Gasteiger partial charge in [0, 0.05) is 30.9 Å². The standard InChI is InChI=1S/C11H14N4/c1-8-4-10(2-3-13-8)11-14-6-9(5-12)7-15-11/h2-4,6-7,11,14H,5,12H2,1H3. The van der Waals surface area contributed by atoms with E-state index in [0.717, 1.165) is 16.8 Å². The fourth-order valence-corrected chi connectivity index (χ4v) is 1.47. The predicted molar refractivity (Wildman–Crippen MR) is 60.5 cm³/mol. The summed E-state index contributed by atoms with van der Waals surface area (Å²) in [4.78, 5) is 8.53. The van der Waals surface area contributed by atoms with Gasteiger partial charge >= 0.3 is 0 Å². The molecule has 1 unspecified atom stereocenters. The van der Waals surface area contributed by atoms with Crippen LogP contribution in [0.4, 0.5) is 0 Å². The Hall–Kier alpha value is -1.68. The first kappa shape index (κ1) is 9.86. The summed E-state index contributed by atoms with van der Waals surface area (Å²) in [5.74, 6) is 0. The summed E-state index contributed by atoms with van der Waals surface area (Å²) in [7, 11) is 0. The van der Waals surface area contributed by atoms with Crippen LogP contribution < -0.4 is 11.1 Å². The number of nitrogens with zero attached hydrogens (tertiary/aromatic N) is 2. The molecule has 1 aromatic heterocycles. The normalized spacial score (nSPS) is 19.6. The molecule has 4 heteroatoms. The molecule has 0 bridgehead atoms. The third-order valence-electron chi connectivity index (χ3n) is 2.29. The SMILES string of the molecule is Cc1cc(C2N=CC(CN)=CN2)ccn1. The van der Waals surface area contributed by atoms with Crippen LogP contribution in [0.25, 0.3) is 0 Å². The van der Waals surface area contributed by atoms with Crippen molar-refractivity contribution in [1.29, 1.82) is 0 Å². The Balaban J connectivity index is 2.15. The molecule has 2 heterocycles. The molecule has 2 rings (SSSR count). The zero-order valence-electron chi connectivity index (χ0n) is 8.64. The van der Waals surface area contributed by atoms with Crippen molar-refractivity contribution >= 4 is 6.21 Å². The van der Waals surface area contributed by atoms with Crippen LogP contribution in [0.3, 0.4) is 0 Å². The van der Waals surface area contributed by atoms with Crippen molar-refractivity contribution in [3.63, 3.8) is 0 Å². The summed E-state index contributed by atoms with van der Waals surface area (Å²) >= 11 is 0. The number of hydrogen-bond donors (Lipinski definition) is 2. The first-order valence-corrected chi connectivity index (χ1v) is 4.90. The summed E-state index contributed by atoms with van der Waals surface area (Å²) in [6.07, 6.45) is 5.51. The molecule has 0 saturated heterocycles. The zero-order valence-corrected chi connectivity index (χ0v) is 8.64. The number of nitrogens with one attached hydrogen (secondary N) is 1. The van der Waals surface area contributed by atoms with Gasteiger partial charge in [0.15, 0.2) is 0 Å². The number of rotatable bonds is 2. The predicted octanol–water partition coefficient (Wildman–Crippen LogP) is 0.905. The Morgan fingerprint density at radius 2 is 2.40 bits per heavy atom. The molecule has 78 valence electrons. The van der Waals surface area contributed by atoms with Crippen molar-refractivity contribution in [3.05, 3.63) is 41.4 Å². The summed E-state index contributed by atoms with van der Waals surface area (Å²) in [6, 6.07) is 3.99. The van der Waals surface area contributed by atoms with Crippen LogP contribution in [0.1, 0.15) is 17.4 Å². The van der Waals surface area contributed by atoms with E-state index in [0.29, 0.717) is 6.54 Å². The van der Waals surface area contributed by atoms with Crippen LogP contribution in [0.5, 0.6) is 0 Å². The fraction of sp³-hybridized carbons (Fsp3) is 0.273. The lowest BCUT2D eigenvalue weighted by atomic mass is 10.1. The Labute approximate surface area is 88.9 Å². The number of nitrogens with two attached hydrogens (primary N) is 1. The Bertz CT molecular complexity index is 409. The topological polar surface area (TPSA) is 63.3 Å². The highest BCUT2D eigenvalue weighted by atomic mass is 15.1. The number of hydrogen-bond acceptors (Lipinski definition) is 4. The van der Waals surface area contributed by atoms with E-state index in [1.807, 2.05) is 31.5 Å². The first-order valence-electron chi connectivity index (χ1n) is 4.90. The van der Waals surface area contributed by atoms with Crippen LogP contribution in [0.15, 0.2) is 35.1 Å². The largest absolute Gasteiger partial charge is 0.366 e.